The van der Waals surface area contributed by atoms with Crippen LogP contribution in [-0.2, 0) is 0 Å². The Labute approximate surface area is 178 Å². The number of nitrogens with zero attached hydrogens (tertiary/aromatic N) is 2. The number of hydrogen-bond donors (Lipinski definition) is 0. The fraction of sp³-hybridized carbons (Fsp3) is 0.444. The van der Waals surface area contributed by atoms with E-state index < -0.39 is 0 Å². The number of rotatable bonds is 7. The number of nitriles is 2. The van der Waals surface area contributed by atoms with Crippen LogP contribution in [0.15, 0.2) is 7.57 Å². The molecular weight excluding hydrogens is 500 g/mol. The number of halogens is 2. The second kappa shape index (κ2) is 9.23. The summed E-state index contributed by atoms with van der Waals surface area (Å²) in [6.07, 6.45) is 0. The fourth-order valence-corrected chi connectivity index (χ4v) is 5.52. The Morgan fingerprint density at radius 3 is 1.42 bits per heavy atom. The third-order valence-corrected chi connectivity index (χ3v) is 7.04. The van der Waals surface area contributed by atoms with Gasteiger partial charge in [0.25, 0.3) is 0 Å². The zero-order valence-electron chi connectivity index (χ0n) is 14.9. The summed E-state index contributed by atoms with van der Waals surface area (Å²) in [5.41, 5.74) is 0.951. The molecule has 0 fully saturated rings. The summed E-state index contributed by atoms with van der Waals surface area (Å²) in [5, 5.41) is 19.1. The normalized spacial score (nSPS) is 10.8. The summed E-state index contributed by atoms with van der Waals surface area (Å²) >= 11 is 9.77. The lowest BCUT2D eigenvalue weighted by Crippen LogP contribution is -2.06. The van der Waals surface area contributed by atoms with Crippen LogP contribution in [0.25, 0.3) is 9.75 Å². The van der Waals surface area contributed by atoms with Gasteiger partial charge in [0.2, 0.25) is 0 Å². The van der Waals surface area contributed by atoms with E-state index in [2.05, 4.69) is 71.7 Å². The summed E-state index contributed by atoms with van der Waals surface area (Å²) < 4.78 is 13.4. The smallest absolute Gasteiger partial charge is 0.157 e. The van der Waals surface area contributed by atoms with Crippen molar-refractivity contribution in [3.63, 3.8) is 0 Å². The maximum Gasteiger partial charge on any atom is 0.157 e. The van der Waals surface area contributed by atoms with Gasteiger partial charge < -0.3 is 9.47 Å². The van der Waals surface area contributed by atoms with Gasteiger partial charge in [-0.3, -0.25) is 0 Å². The maximum atomic E-state index is 9.53. The van der Waals surface area contributed by atoms with Gasteiger partial charge in [-0.25, -0.2) is 0 Å². The van der Waals surface area contributed by atoms with Crippen LogP contribution in [0.1, 0.15) is 38.8 Å². The summed E-state index contributed by atoms with van der Waals surface area (Å²) in [6.45, 7) is 9.23. The molecule has 2 aromatic rings. The van der Waals surface area contributed by atoms with E-state index in [9.17, 15) is 10.5 Å². The van der Waals surface area contributed by atoms with Crippen LogP contribution in [0.3, 0.4) is 0 Å². The van der Waals surface area contributed by atoms with Crippen LogP contribution >= 0.6 is 54.5 Å². The molecule has 0 aliphatic rings. The molecule has 0 bridgehead atoms. The maximum absolute atomic E-state index is 9.53. The van der Waals surface area contributed by atoms with E-state index in [1.807, 2.05) is 0 Å². The molecule has 2 rings (SSSR count). The average molecular weight is 518 g/mol. The third-order valence-electron chi connectivity index (χ3n) is 3.19. The molecule has 138 valence electrons. The SMILES string of the molecule is CC(C)COc1c(-c2sc(Br)c(C#N)c2OCC(C)C)sc(Br)c1C#N. The highest BCUT2D eigenvalue weighted by atomic mass is 79.9. The highest BCUT2D eigenvalue weighted by Gasteiger charge is 2.27. The Hall–Kier alpha value is -1.06. The Morgan fingerprint density at radius 1 is 0.808 bits per heavy atom. The van der Waals surface area contributed by atoms with Crippen molar-refractivity contribution in [2.24, 2.45) is 11.8 Å². The van der Waals surface area contributed by atoms with Crippen molar-refractivity contribution in [2.75, 3.05) is 13.2 Å². The molecule has 26 heavy (non-hydrogen) atoms. The minimum atomic E-state index is 0.328. The zero-order chi connectivity index (χ0) is 19.4. The van der Waals surface area contributed by atoms with Gasteiger partial charge in [0.15, 0.2) is 11.5 Å². The van der Waals surface area contributed by atoms with E-state index >= 15 is 0 Å². The predicted octanol–water partition coefficient (Wildman–Crippen LogP) is 6.81. The van der Waals surface area contributed by atoms with Gasteiger partial charge in [0.05, 0.1) is 30.5 Å². The van der Waals surface area contributed by atoms with Gasteiger partial charge in [-0.2, -0.15) is 10.5 Å². The Kier molecular flexibility index (Phi) is 7.54. The topological polar surface area (TPSA) is 66.0 Å². The van der Waals surface area contributed by atoms with Crippen molar-refractivity contribution >= 4 is 54.5 Å². The molecule has 0 radical (unpaired) electrons. The van der Waals surface area contributed by atoms with Gasteiger partial charge in [-0.15, -0.1) is 22.7 Å². The quantitative estimate of drug-likeness (QED) is 0.404. The van der Waals surface area contributed by atoms with E-state index in [0.717, 1.165) is 9.75 Å². The lowest BCUT2D eigenvalue weighted by Gasteiger charge is -2.12. The standard InChI is InChI=1S/C18H18Br2N2O2S2/c1-9(2)7-23-13-11(5-21)17(19)25-15(13)16-14(24-8-10(3)4)12(6-22)18(20)26-16/h9-10H,7-8H2,1-4H3. The summed E-state index contributed by atoms with van der Waals surface area (Å²) in [6, 6.07) is 4.42. The fourth-order valence-electron chi connectivity index (χ4n) is 2.04. The molecule has 4 nitrogen and oxygen atoms in total. The van der Waals surface area contributed by atoms with Gasteiger partial charge in [0.1, 0.15) is 23.3 Å². The minimum absolute atomic E-state index is 0.328. The van der Waals surface area contributed by atoms with Crippen molar-refractivity contribution in [1.82, 2.24) is 0 Å². The largest absolute Gasteiger partial charge is 0.490 e. The van der Waals surface area contributed by atoms with E-state index in [0.29, 0.717) is 55.2 Å². The van der Waals surface area contributed by atoms with Crippen molar-refractivity contribution in [1.29, 1.82) is 10.5 Å². The molecule has 0 amide bonds. The Bertz CT molecular complexity index is 801. The molecule has 8 heteroatoms. The zero-order valence-corrected chi connectivity index (χ0v) is 19.7. The van der Waals surface area contributed by atoms with Gasteiger partial charge in [0, 0.05) is 0 Å². The average Bonchev–Trinajstić information content (AvgIpc) is 3.06. The molecule has 0 unspecified atom stereocenters. The third kappa shape index (κ3) is 4.61. The monoisotopic (exact) mass is 516 g/mol. The van der Waals surface area contributed by atoms with Gasteiger partial charge in [-0.1, -0.05) is 27.7 Å². The summed E-state index contributed by atoms with van der Waals surface area (Å²) in [7, 11) is 0. The molecule has 2 heterocycles. The lowest BCUT2D eigenvalue weighted by atomic mass is 10.2. The first kappa shape index (κ1) is 21.2. The van der Waals surface area contributed by atoms with Gasteiger partial charge >= 0.3 is 0 Å². The number of thiophene rings is 2. The van der Waals surface area contributed by atoms with E-state index in [-0.39, 0.29) is 0 Å². The summed E-state index contributed by atoms with van der Waals surface area (Å²) in [5.74, 6) is 1.75. The predicted molar refractivity (Wildman–Crippen MR) is 113 cm³/mol. The molecule has 0 saturated heterocycles. The van der Waals surface area contributed by atoms with Crippen molar-refractivity contribution < 1.29 is 9.47 Å². The van der Waals surface area contributed by atoms with E-state index in [4.69, 9.17) is 9.47 Å². The second-order valence-corrected chi connectivity index (χ2v) is 11.1. The number of hydrogen-bond acceptors (Lipinski definition) is 6. The molecule has 0 spiro atoms. The Morgan fingerprint density at radius 2 is 1.15 bits per heavy atom. The van der Waals surface area contributed by atoms with Crippen LogP contribution in [-0.4, -0.2) is 13.2 Å². The van der Waals surface area contributed by atoms with E-state index in [1.54, 1.807) is 0 Å². The first-order chi connectivity index (χ1) is 12.3. The van der Waals surface area contributed by atoms with E-state index in [1.165, 1.54) is 22.7 Å². The van der Waals surface area contributed by atoms with Crippen molar-refractivity contribution in [3.8, 4) is 33.4 Å². The molecule has 0 N–H and O–H groups in total. The Balaban J connectivity index is 2.61. The minimum Gasteiger partial charge on any atom is -0.490 e. The molecule has 0 atom stereocenters. The molecular formula is C18H18Br2N2O2S2. The first-order valence-electron chi connectivity index (χ1n) is 8.00. The lowest BCUT2D eigenvalue weighted by molar-refractivity contribution is 0.269. The molecule has 0 aromatic carbocycles. The van der Waals surface area contributed by atoms with Crippen LogP contribution in [0.2, 0.25) is 0 Å². The molecule has 0 saturated carbocycles. The van der Waals surface area contributed by atoms with Crippen molar-refractivity contribution in [3.05, 3.63) is 18.7 Å². The molecule has 2 aromatic heterocycles. The van der Waals surface area contributed by atoms with Crippen LogP contribution in [0, 0.1) is 34.5 Å². The molecule has 0 aliphatic carbocycles. The molecule has 0 aliphatic heterocycles. The van der Waals surface area contributed by atoms with Crippen LogP contribution < -0.4 is 9.47 Å². The van der Waals surface area contributed by atoms with Crippen LogP contribution in [0.4, 0.5) is 0 Å². The highest BCUT2D eigenvalue weighted by Crippen LogP contribution is 2.53. The first-order valence-corrected chi connectivity index (χ1v) is 11.2. The van der Waals surface area contributed by atoms with Crippen LogP contribution in [0.5, 0.6) is 11.5 Å². The van der Waals surface area contributed by atoms with Gasteiger partial charge in [-0.05, 0) is 43.7 Å². The highest BCUT2D eigenvalue weighted by molar-refractivity contribution is 9.11. The summed E-state index contributed by atoms with van der Waals surface area (Å²) in [4.78, 5) is 1.61. The number of ether oxygens (including phenoxy) is 2. The second-order valence-electron chi connectivity index (χ2n) is 6.45. The van der Waals surface area contributed by atoms with Crippen molar-refractivity contribution in [2.45, 2.75) is 27.7 Å².